The van der Waals surface area contributed by atoms with E-state index < -0.39 is 10.2 Å². The number of nitrogens with one attached hydrogen (secondary N) is 1. The summed E-state index contributed by atoms with van der Waals surface area (Å²) in [5.41, 5.74) is 19.3. The van der Waals surface area contributed by atoms with Gasteiger partial charge in [0.15, 0.2) is 0 Å². The highest BCUT2D eigenvalue weighted by Crippen LogP contribution is 2.20. The molecule has 2 aromatic carbocycles. The third kappa shape index (κ3) is 6.19. The second-order valence-corrected chi connectivity index (χ2v) is 8.09. The number of rotatable bonds is 9. The lowest BCUT2D eigenvalue weighted by molar-refractivity contribution is 0.311. The fourth-order valence-corrected chi connectivity index (χ4v) is 3.45. The number of ether oxygens (including phenoxy) is 1. The quantitative estimate of drug-likeness (QED) is 0.286. The minimum atomic E-state index is -4.72. The molecule has 7 N–H and O–H groups in total. The van der Waals surface area contributed by atoms with Crippen LogP contribution >= 0.6 is 0 Å². The van der Waals surface area contributed by atoms with E-state index in [-0.39, 0.29) is 22.5 Å². The highest BCUT2D eigenvalue weighted by atomic mass is 32.3. The van der Waals surface area contributed by atoms with E-state index in [1.165, 1.54) is 18.2 Å². The van der Waals surface area contributed by atoms with E-state index in [0.717, 1.165) is 5.69 Å². The molecule has 3 aromatic rings. The summed E-state index contributed by atoms with van der Waals surface area (Å²) in [5.74, 6) is 1.28. The summed E-state index contributed by atoms with van der Waals surface area (Å²) >= 11 is 0. The Morgan fingerprint density at radius 2 is 1.68 bits per heavy atom. The van der Waals surface area contributed by atoms with Crippen LogP contribution in [0, 0.1) is 0 Å². The van der Waals surface area contributed by atoms with Crippen LogP contribution < -0.4 is 27.3 Å². The molecule has 1 aromatic heterocycles. The molecule has 11 heteroatoms. The maximum absolute atomic E-state index is 13.1. The van der Waals surface area contributed by atoms with Gasteiger partial charge in [-0.3, -0.25) is 0 Å². The van der Waals surface area contributed by atoms with Crippen LogP contribution in [0.5, 0.6) is 5.75 Å². The summed E-state index contributed by atoms with van der Waals surface area (Å²) in [5, 5.41) is 3.15. The summed E-state index contributed by atoms with van der Waals surface area (Å²) in [6.07, 6.45) is 1.22. The maximum atomic E-state index is 13.1. The fourth-order valence-electron chi connectivity index (χ4n) is 2.91. The van der Waals surface area contributed by atoms with Gasteiger partial charge in [0.1, 0.15) is 17.4 Å². The van der Waals surface area contributed by atoms with Crippen LogP contribution in [0.2, 0.25) is 0 Å². The summed E-state index contributed by atoms with van der Waals surface area (Å²) in [7, 11) is -4.72. The summed E-state index contributed by atoms with van der Waals surface area (Å²) in [4.78, 5) is 7.45. The first-order valence-electron chi connectivity index (χ1n) is 9.40. The van der Waals surface area contributed by atoms with Crippen molar-refractivity contribution in [1.82, 2.24) is 9.97 Å². The number of nitrogens with two attached hydrogens (primary N) is 3. The summed E-state index contributed by atoms with van der Waals surface area (Å²) in [6.45, 7) is 0.788. The van der Waals surface area contributed by atoms with E-state index in [4.69, 9.17) is 21.9 Å². The normalized spacial score (nSPS) is 11.3. The van der Waals surface area contributed by atoms with Crippen LogP contribution in [-0.4, -0.2) is 25.0 Å². The Balaban J connectivity index is 1.47. The van der Waals surface area contributed by atoms with Crippen LogP contribution in [0.4, 0.5) is 27.2 Å². The Morgan fingerprint density at radius 3 is 2.32 bits per heavy atom. The first-order chi connectivity index (χ1) is 14.7. The molecule has 164 valence electrons. The molecule has 0 bridgehead atoms. The van der Waals surface area contributed by atoms with Crippen molar-refractivity contribution >= 4 is 33.5 Å². The second-order valence-electron chi connectivity index (χ2n) is 6.75. The van der Waals surface area contributed by atoms with Crippen molar-refractivity contribution in [2.45, 2.75) is 24.3 Å². The number of halogens is 1. The minimum Gasteiger partial charge on any atom is -0.494 e. The number of hydrogen-bond donors (Lipinski definition) is 4. The van der Waals surface area contributed by atoms with Crippen molar-refractivity contribution in [2.75, 3.05) is 29.1 Å². The number of nitrogen functional groups attached to an aromatic ring is 3. The predicted molar refractivity (Wildman–Crippen MR) is 118 cm³/mol. The Bertz CT molecular complexity index is 1130. The molecule has 0 radical (unpaired) electrons. The molecule has 0 amide bonds. The third-order valence-corrected chi connectivity index (χ3v) is 5.28. The van der Waals surface area contributed by atoms with Crippen LogP contribution in [0.25, 0.3) is 0 Å². The molecule has 0 fully saturated rings. The van der Waals surface area contributed by atoms with E-state index in [2.05, 4.69) is 15.3 Å². The molecule has 0 atom stereocenters. The molecule has 0 spiro atoms. The minimum absolute atomic E-state index is 0.0452. The molecule has 0 aliphatic rings. The average molecular weight is 447 g/mol. The number of nitrogens with zero attached hydrogens (tertiary/aromatic N) is 2. The lowest BCUT2D eigenvalue weighted by atomic mass is 10.1. The van der Waals surface area contributed by atoms with Gasteiger partial charge >= 0.3 is 10.2 Å². The first-order valence-corrected chi connectivity index (χ1v) is 10.8. The molecule has 0 unspecified atom stereocenters. The molecule has 0 saturated heterocycles. The van der Waals surface area contributed by atoms with E-state index >= 15 is 0 Å². The Kier molecular flexibility index (Phi) is 6.75. The van der Waals surface area contributed by atoms with Crippen LogP contribution in [0.3, 0.4) is 0 Å². The van der Waals surface area contributed by atoms with Crippen molar-refractivity contribution in [3.8, 4) is 5.75 Å². The molecular formula is C20H23FN6O3S. The average Bonchev–Trinajstić information content (AvgIpc) is 2.71. The van der Waals surface area contributed by atoms with Gasteiger partial charge in [0.05, 0.1) is 11.5 Å². The standard InChI is InChI=1S/C20H23FN6O3S/c21-31(28,29)16-4-1-3-13(11-16)12-25-14-6-8-15(9-7-14)30-10-2-5-17-18(22)26-20(24)27-19(17)23/h1,3-4,6-9,11,25H,2,5,10,12H2,(H6,22,23,24,26,27). The Hall–Kier alpha value is -3.60. The van der Waals surface area contributed by atoms with Crippen LogP contribution in [0.1, 0.15) is 17.5 Å². The molecule has 31 heavy (non-hydrogen) atoms. The van der Waals surface area contributed by atoms with Gasteiger partial charge in [0.25, 0.3) is 0 Å². The number of benzene rings is 2. The molecular weight excluding hydrogens is 423 g/mol. The SMILES string of the molecule is Nc1nc(N)c(CCCOc2ccc(NCc3cccc(S(=O)(=O)F)c3)cc2)c(N)n1. The maximum Gasteiger partial charge on any atom is 0.332 e. The first kappa shape index (κ1) is 22.1. The fraction of sp³-hybridized carbons (Fsp3) is 0.200. The smallest absolute Gasteiger partial charge is 0.332 e. The van der Waals surface area contributed by atoms with Crippen molar-refractivity contribution in [2.24, 2.45) is 0 Å². The van der Waals surface area contributed by atoms with Gasteiger partial charge in [-0.2, -0.15) is 18.4 Å². The van der Waals surface area contributed by atoms with Crippen LogP contribution in [-0.2, 0) is 23.2 Å². The highest BCUT2D eigenvalue weighted by Gasteiger charge is 2.12. The number of hydrogen-bond acceptors (Lipinski definition) is 9. The molecule has 1 heterocycles. The highest BCUT2D eigenvalue weighted by molar-refractivity contribution is 7.86. The molecule has 0 aliphatic heterocycles. The molecule has 9 nitrogen and oxygen atoms in total. The van der Waals surface area contributed by atoms with Crippen molar-refractivity contribution < 1.29 is 17.0 Å². The van der Waals surface area contributed by atoms with E-state index in [9.17, 15) is 12.3 Å². The molecule has 3 rings (SSSR count). The monoisotopic (exact) mass is 446 g/mol. The van der Waals surface area contributed by atoms with E-state index in [0.29, 0.717) is 42.9 Å². The van der Waals surface area contributed by atoms with Gasteiger partial charge in [-0.25, -0.2) is 0 Å². The zero-order valence-electron chi connectivity index (χ0n) is 16.6. The van der Waals surface area contributed by atoms with Gasteiger partial charge in [0.2, 0.25) is 5.95 Å². The van der Waals surface area contributed by atoms with Crippen molar-refractivity contribution in [3.63, 3.8) is 0 Å². The molecule has 0 aliphatic carbocycles. The lowest BCUT2D eigenvalue weighted by Gasteiger charge is -2.11. The van der Waals surface area contributed by atoms with E-state index in [1.54, 1.807) is 18.2 Å². The zero-order valence-corrected chi connectivity index (χ0v) is 17.4. The van der Waals surface area contributed by atoms with Gasteiger partial charge in [-0.05, 0) is 54.8 Å². The number of aromatic nitrogens is 2. The summed E-state index contributed by atoms with van der Waals surface area (Å²) < 4.78 is 40.8. The lowest BCUT2D eigenvalue weighted by Crippen LogP contribution is -2.10. The zero-order chi connectivity index (χ0) is 22.4. The molecule has 0 saturated carbocycles. The topological polar surface area (TPSA) is 159 Å². The largest absolute Gasteiger partial charge is 0.494 e. The van der Waals surface area contributed by atoms with Gasteiger partial charge < -0.3 is 27.3 Å². The second kappa shape index (κ2) is 9.47. The predicted octanol–water partition coefficient (Wildman–Crippen LogP) is 2.51. The Morgan fingerprint density at radius 1 is 1.00 bits per heavy atom. The van der Waals surface area contributed by atoms with E-state index in [1.807, 2.05) is 12.1 Å². The third-order valence-electron chi connectivity index (χ3n) is 4.46. The van der Waals surface area contributed by atoms with Gasteiger partial charge in [-0.1, -0.05) is 12.1 Å². The summed E-state index contributed by atoms with van der Waals surface area (Å²) in [6, 6.07) is 13.0. The van der Waals surface area contributed by atoms with Crippen molar-refractivity contribution in [1.29, 1.82) is 0 Å². The van der Waals surface area contributed by atoms with Crippen LogP contribution in [0.15, 0.2) is 53.4 Å². The van der Waals surface area contributed by atoms with Gasteiger partial charge in [0, 0.05) is 17.8 Å². The van der Waals surface area contributed by atoms with Gasteiger partial charge in [-0.15, -0.1) is 3.89 Å². The van der Waals surface area contributed by atoms with Crippen molar-refractivity contribution in [3.05, 3.63) is 59.7 Å². The number of anilines is 4. The Labute approximate surface area is 179 Å².